The molecule has 0 radical (unpaired) electrons. The van der Waals surface area contributed by atoms with Gasteiger partial charge in [-0.3, -0.25) is 0 Å². The van der Waals surface area contributed by atoms with Crippen LogP contribution in [-0.4, -0.2) is 31.7 Å². The Labute approximate surface area is 103 Å². The molecule has 0 aromatic heterocycles. The van der Waals surface area contributed by atoms with Crippen LogP contribution in [0.25, 0.3) is 0 Å². The minimum Gasteiger partial charge on any atom is -0.380 e. The molecule has 0 saturated heterocycles. The van der Waals surface area contributed by atoms with Gasteiger partial charge in [-0.15, -0.1) is 11.6 Å². The molecular weight excluding hydrogens is 222 g/mol. The van der Waals surface area contributed by atoms with Crippen LogP contribution in [0.5, 0.6) is 0 Å². The van der Waals surface area contributed by atoms with E-state index in [-0.39, 0.29) is 6.10 Å². The average molecular weight is 242 g/mol. The zero-order valence-corrected chi connectivity index (χ0v) is 10.7. The fourth-order valence-electron chi connectivity index (χ4n) is 1.50. The van der Waals surface area contributed by atoms with Crippen LogP contribution in [0, 0.1) is 0 Å². The third-order valence-electron chi connectivity index (χ3n) is 2.61. The lowest BCUT2D eigenvalue weighted by Crippen LogP contribution is -2.37. The van der Waals surface area contributed by atoms with E-state index in [1.807, 2.05) is 13.0 Å². The van der Waals surface area contributed by atoms with Gasteiger partial charge in [0.1, 0.15) is 0 Å². The molecule has 1 aromatic carbocycles. The number of nitrogens with one attached hydrogen (secondary N) is 1. The summed E-state index contributed by atoms with van der Waals surface area (Å²) < 4.78 is 5.19. The molecule has 0 aliphatic rings. The molecule has 0 aliphatic carbocycles. The van der Waals surface area contributed by atoms with Gasteiger partial charge in [0.15, 0.2) is 0 Å². The Kier molecular flexibility index (Phi) is 6.46. The van der Waals surface area contributed by atoms with Gasteiger partial charge in [-0.25, -0.2) is 0 Å². The lowest BCUT2D eigenvalue weighted by atomic mass is 10.1. The van der Waals surface area contributed by atoms with Crippen LogP contribution in [0.4, 0.5) is 0 Å². The number of halogens is 1. The lowest BCUT2D eigenvalue weighted by molar-refractivity contribution is 0.115. The van der Waals surface area contributed by atoms with E-state index >= 15 is 0 Å². The standard InChI is InChI=1S/C13H20ClNO/c1-11(16-2)10-15-13(9-14)8-12-6-4-3-5-7-12/h3-7,11,13,15H,8-10H2,1-2H3. The highest BCUT2D eigenvalue weighted by Gasteiger charge is 2.09. The van der Waals surface area contributed by atoms with Crippen molar-refractivity contribution in [3.8, 4) is 0 Å². The van der Waals surface area contributed by atoms with Crippen molar-refractivity contribution >= 4 is 11.6 Å². The quantitative estimate of drug-likeness (QED) is 0.741. The predicted octanol–water partition coefficient (Wildman–Crippen LogP) is 2.46. The summed E-state index contributed by atoms with van der Waals surface area (Å²) in [6.07, 6.45) is 1.18. The van der Waals surface area contributed by atoms with Crippen molar-refractivity contribution in [2.75, 3.05) is 19.5 Å². The van der Waals surface area contributed by atoms with Gasteiger partial charge in [-0.05, 0) is 18.9 Å². The third-order valence-corrected chi connectivity index (χ3v) is 2.98. The summed E-state index contributed by atoms with van der Waals surface area (Å²) in [5.41, 5.74) is 1.31. The summed E-state index contributed by atoms with van der Waals surface area (Å²) in [4.78, 5) is 0. The van der Waals surface area contributed by atoms with Crippen LogP contribution in [0.15, 0.2) is 30.3 Å². The van der Waals surface area contributed by atoms with Gasteiger partial charge >= 0.3 is 0 Å². The number of rotatable bonds is 7. The highest BCUT2D eigenvalue weighted by Crippen LogP contribution is 2.04. The summed E-state index contributed by atoms with van der Waals surface area (Å²) in [7, 11) is 1.72. The Morgan fingerprint density at radius 2 is 2.00 bits per heavy atom. The van der Waals surface area contributed by atoms with E-state index in [4.69, 9.17) is 16.3 Å². The highest BCUT2D eigenvalue weighted by atomic mass is 35.5. The monoisotopic (exact) mass is 241 g/mol. The number of methoxy groups -OCH3 is 1. The van der Waals surface area contributed by atoms with Crippen LogP contribution in [-0.2, 0) is 11.2 Å². The number of hydrogen-bond donors (Lipinski definition) is 1. The van der Waals surface area contributed by atoms with Crippen molar-refractivity contribution in [1.82, 2.24) is 5.32 Å². The molecule has 2 unspecified atom stereocenters. The molecule has 0 spiro atoms. The maximum atomic E-state index is 5.94. The summed E-state index contributed by atoms with van der Waals surface area (Å²) in [6, 6.07) is 10.7. The van der Waals surface area contributed by atoms with E-state index in [1.54, 1.807) is 7.11 Å². The van der Waals surface area contributed by atoms with E-state index in [0.29, 0.717) is 11.9 Å². The minimum atomic E-state index is 0.224. The first-order valence-electron chi connectivity index (χ1n) is 5.62. The Balaban J connectivity index is 2.37. The molecule has 0 bridgehead atoms. The lowest BCUT2D eigenvalue weighted by Gasteiger charge is -2.18. The summed E-state index contributed by atoms with van der Waals surface area (Å²) in [6.45, 7) is 2.88. The zero-order chi connectivity index (χ0) is 11.8. The second-order valence-electron chi connectivity index (χ2n) is 4.00. The van der Waals surface area contributed by atoms with E-state index in [0.717, 1.165) is 13.0 Å². The highest BCUT2D eigenvalue weighted by molar-refractivity contribution is 6.18. The molecular formula is C13H20ClNO. The van der Waals surface area contributed by atoms with Gasteiger partial charge in [-0.1, -0.05) is 30.3 Å². The first kappa shape index (κ1) is 13.5. The van der Waals surface area contributed by atoms with Crippen molar-refractivity contribution < 1.29 is 4.74 Å². The second-order valence-corrected chi connectivity index (χ2v) is 4.30. The minimum absolute atomic E-state index is 0.224. The van der Waals surface area contributed by atoms with Crippen LogP contribution in [0.1, 0.15) is 12.5 Å². The first-order chi connectivity index (χ1) is 7.76. The molecule has 1 aromatic rings. The normalized spacial score (nSPS) is 14.7. The summed E-state index contributed by atoms with van der Waals surface area (Å²) in [5.74, 6) is 0.616. The fraction of sp³-hybridized carbons (Fsp3) is 0.538. The molecule has 0 fully saturated rings. The van der Waals surface area contributed by atoms with Crippen molar-refractivity contribution in [3.63, 3.8) is 0 Å². The van der Waals surface area contributed by atoms with Gasteiger partial charge in [0.2, 0.25) is 0 Å². The van der Waals surface area contributed by atoms with E-state index in [2.05, 4.69) is 29.6 Å². The molecule has 90 valence electrons. The van der Waals surface area contributed by atoms with E-state index in [1.165, 1.54) is 5.56 Å². The molecule has 1 rings (SSSR count). The molecule has 2 nitrogen and oxygen atoms in total. The third kappa shape index (κ3) is 4.97. The summed E-state index contributed by atoms with van der Waals surface area (Å²) in [5, 5.41) is 3.41. The maximum Gasteiger partial charge on any atom is 0.0667 e. The van der Waals surface area contributed by atoms with Crippen molar-refractivity contribution in [2.45, 2.75) is 25.5 Å². The molecule has 3 heteroatoms. The van der Waals surface area contributed by atoms with Crippen LogP contribution < -0.4 is 5.32 Å². The smallest absolute Gasteiger partial charge is 0.0667 e. The van der Waals surface area contributed by atoms with Crippen molar-refractivity contribution in [1.29, 1.82) is 0 Å². The Morgan fingerprint density at radius 3 is 2.56 bits per heavy atom. The molecule has 0 heterocycles. The van der Waals surface area contributed by atoms with Gasteiger partial charge in [0.05, 0.1) is 6.10 Å². The number of benzene rings is 1. The largest absolute Gasteiger partial charge is 0.380 e. The average Bonchev–Trinajstić information content (AvgIpc) is 2.35. The zero-order valence-electron chi connectivity index (χ0n) is 9.95. The Morgan fingerprint density at radius 1 is 1.31 bits per heavy atom. The summed E-state index contributed by atoms with van der Waals surface area (Å²) >= 11 is 5.94. The number of alkyl halides is 1. The predicted molar refractivity (Wildman–Crippen MR) is 69.1 cm³/mol. The van der Waals surface area contributed by atoms with Crippen LogP contribution in [0.3, 0.4) is 0 Å². The van der Waals surface area contributed by atoms with E-state index < -0.39 is 0 Å². The SMILES string of the molecule is COC(C)CNC(CCl)Cc1ccccc1. The van der Waals surface area contributed by atoms with Gasteiger partial charge in [0.25, 0.3) is 0 Å². The molecule has 0 aliphatic heterocycles. The second kappa shape index (κ2) is 7.66. The molecule has 0 amide bonds. The first-order valence-corrected chi connectivity index (χ1v) is 6.15. The van der Waals surface area contributed by atoms with Crippen molar-refractivity contribution in [2.24, 2.45) is 0 Å². The number of hydrogen-bond acceptors (Lipinski definition) is 2. The number of ether oxygens (including phenoxy) is 1. The maximum absolute atomic E-state index is 5.94. The Hall–Kier alpha value is -0.570. The Bertz CT molecular complexity index is 279. The molecule has 2 atom stereocenters. The fourth-order valence-corrected chi connectivity index (χ4v) is 1.71. The van der Waals surface area contributed by atoms with Gasteiger partial charge in [0, 0.05) is 25.6 Å². The molecule has 16 heavy (non-hydrogen) atoms. The van der Waals surface area contributed by atoms with Gasteiger partial charge in [-0.2, -0.15) is 0 Å². The van der Waals surface area contributed by atoms with Crippen LogP contribution in [0.2, 0.25) is 0 Å². The van der Waals surface area contributed by atoms with Gasteiger partial charge < -0.3 is 10.1 Å². The topological polar surface area (TPSA) is 21.3 Å². The molecule has 1 N–H and O–H groups in total. The van der Waals surface area contributed by atoms with E-state index in [9.17, 15) is 0 Å². The van der Waals surface area contributed by atoms with Crippen LogP contribution >= 0.6 is 11.6 Å². The van der Waals surface area contributed by atoms with Crippen molar-refractivity contribution in [3.05, 3.63) is 35.9 Å². The molecule has 0 saturated carbocycles.